The zero-order chi connectivity index (χ0) is 30.4. The molecule has 0 amide bonds. The van der Waals surface area contributed by atoms with Crippen molar-refractivity contribution in [2.45, 2.75) is 25.8 Å². The number of nitrogens with zero attached hydrogens (tertiary/aromatic N) is 6. The van der Waals surface area contributed by atoms with Gasteiger partial charge in [-0.05, 0) is 55.8 Å². The number of likely N-dealkylation sites (N-methyl/N-ethyl adjacent to an activating group) is 1. The van der Waals surface area contributed by atoms with E-state index in [4.69, 9.17) is 4.98 Å². The molecule has 44 heavy (non-hydrogen) atoms. The topological polar surface area (TPSA) is 108 Å². The van der Waals surface area contributed by atoms with Gasteiger partial charge in [-0.2, -0.15) is 0 Å². The van der Waals surface area contributed by atoms with E-state index in [-0.39, 0.29) is 5.82 Å². The molecule has 2 N–H and O–H groups in total. The number of hydrogen-bond acceptors (Lipinski definition) is 9. The van der Waals surface area contributed by atoms with Crippen molar-refractivity contribution in [3.05, 3.63) is 66.5 Å². The molecule has 3 heterocycles. The van der Waals surface area contributed by atoms with Gasteiger partial charge in [0.25, 0.3) is 0 Å². The Bertz CT molecular complexity index is 1950. The van der Waals surface area contributed by atoms with Crippen LogP contribution < -0.4 is 14.9 Å². The Labute approximate surface area is 259 Å². The van der Waals surface area contributed by atoms with Crippen LogP contribution in [0.25, 0.3) is 33.0 Å². The van der Waals surface area contributed by atoms with Crippen LogP contribution >= 0.6 is 11.3 Å². The van der Waals surface area contributed by atoms with E-state index in [0.29, 0.717) is 33.3 Å². The summed E-state index contributed by atoms with van der Waals surface area (Å²) in [5.74, 6) is 0.372. The zero-order valence-electron chi connectivity index (χ0n) is 24.5. The van der Waals surface area contributed by atoms with Crippen LogP contribution in [0.2, 0.25) is 0 Å². The molecule has 10 nitrogen and oxygen atoms in total. The van der Waals surface area contributed by atoms with Gasteiger partial charge < -0.3 is 19.7 Å². The van der Waals surface area contributed by atoms with Crippen molar-refractivity contribution in [1.82, 2.24) is 24.6 Å². The summed E-state index contributed by atoms with van der Waals surface area (Å²) in [5.41, 5.74) is 5.42. The summed E-state index contributed by atoms with van der Waals surface area (Å²) in [4.78, 5) is 9.81. The number of piperazine rings is 1. The molecule has 2 aliphatic rings. The van der Waals surface area contributed by atoms with Crippen molar-refractivity contribution in [3.63, 3.8) is 0 Å². The highest BCUT2D eigenvalue weighted by Gasteiger charge is 2.31. The number of rotatable bonds is 9. The van der Waals surface area contributed by atoms with E-state index in [0.717, 1.165) is 79.8 Å². The molecule has 1 saturated heterocycles. The fourth-order valence-electron chi connectivity index (χ4n) is 5.77. The summed E-state index contributed by atoms with van der Waals surface area (Å²) < 4.78 is 43.2. The number of benzene rings is 3. The molecular formula is C31H33FN8O2S2. The number of halogens is 1. The first-order chi connectivity index (χ1) is 21.3. The molecule has 2 fully saturated rings. The summed E-state index contributed by atoms with van der Waals surface area (Å²) in [7, 11) is -3.40. The van der Waals surface area contributed by atoms with Crippen LogP contribution in [0.15, 0.2) is 60.7 Å². The van der Waals surface area contributed by atoms with Crippen molar-refractivity contribution in [2.24, 2.45) is 0 Å². The smallest absolute Gasteiger partial charge is 0.229 e. The van der Waals surface area contributed by atoms with Crippen molar-refractivity contribution in [3.8, 4) is 22.0 Å². The second-order valence-corrected chi connectivity index (χ2v) is 14.0. The van der Waals surface area contributed by atoms with Crippen LogP contribution in [0.5, 0.6) is 0 Å². The molecule has 5 aromatic rings. The van der Waals surface area contributed by atoms with Gasteiger partial charge in [0, 0.05) is 43.5 Å². The first-order valence-corrected chi connectivity index (χ1v) is 17.4. The number of anilines is 4. The van der Waals surface area contributed by atoms with Crippen LogP contribution in [0.3, 0.4) is 0 Å². The fraction of sp³-hybridized carbons (Fsp3) is 0.323. The van der Waals surface area contributed by atoms with Crippen LogP contribution in [0.4, 0.5) is 26.6 Å². The van der Waals surface area contributed by atoms with E-state index in [1.165, 1.54) is 17.4 Å². The molecule has 228 valence electrons. The lowest BCUT2D eigenvalue weighted by molar-refractivity contribution is 0.271. The second kappa shape index (κ2) is 11.5. The van der Waals surface area contributed by atoms with Gasteiger partial charge in [-0.25, -0.2) is 17.8 Å². The number of imidazole rings is 1. The lowest BCUT2D eigenvalue weighted by Crippen LogP contribution is -2.46. The Hall–Kier alpha value is -4.07. The highest BCUT2D eigenvalue weighted by atomic mass is 32.2. The third-order valence-electron chi connectivity index (χ3n) is 8.07. The molecule has 0 bridgehead atoms. The van der Waals surface area contributed by atoms with Crippen LogP contribution in [0, 0.1) is 5.82 Å². The third-order valence-corrected chi connectivity index (χ3v) is 9.57. The van der Waals surface area contributed by atoms with E-state index in [9.17, 15) is 12.8 Å². The van der Waals surface area contributed by atoms with Crippen molar-refractivity contribution in [2.75, 3.05) is 53.9 Å². The van der Waals surface area contributed by atoms with Crippen LogP contribution in [0.1, 0.15) is 25.8 Å². The number of sulfonamides is 1. The SMILES string of the molecule is CCN1CCN(c2cc3c(cc2Nc2nnc(-c4cccc(NS(C)(=O)=O)c4)s2)nc(-c2ccccc2F)n3C2CC2)CC1. The molecule has 0 spiro atoms. The summed E-state index contributed by atoms with van der Waals surface area (Å²) in [6, 6.07) is 18.5. The molecule has 3 aromatic carbocycles. The lowest BCUT2D eigenvalue weighted by atomic mass is 10.2. The molecule has 1 aliphatic heterocycles. The number of aromatic nitrogens is 4. The molecule has 2 aromatic heterocycles. The van der Waals surface area contributed by atoms with Crippen molar-refractivity contribution in [1.29, 1.82) is 0 Å². The molecule has 0 atom stereocenters. The van der Waals surface area contributed by atoms with E-state index < -0.39 is 10.0 Å². The van der Waals surface area contributed by atoms with E-state index in [1.807, 2.05) is 18.2 Å². The third kappa shape index (κ3) is 5.86. The fourth-order valence-corrected chi connectivity index (χ4v) is 7.07. The highest BCUT2D eigenvalue weighted by Crippen LogP contribution is 2.44. The second-order valence-electron chi connectivity index (χ2n) is 11.3. The van der Waals surface area contributed by atoms with Gasteiger partial charge in [0.1, 0.15) is 16.6 Å². The predicted octanol–water partition coefficient (Wildman–Crippen LogP) is 5.95. The van der Waals surface area contributed by atoms with E-state index in [2.05, 4.69) is 47.6 Å². The standard InChI is InChI=1S/C31H33FN8O2S2/c1-3-38-13-15-39(16-14-38)27-19-28-26(33-29(40(28)22-11-12-22)23-9-4-5-10-24(23)32)18-25(27)34-31-36-35-30(43-31)20-7-6-8-21(17-20)37-44(2,41)42/h4-10,17-19,22,37H,3,11-16H2,1-2H3,(H,34,36). The Balaban J connectivity index is 1.28. The number of fused-ring (bicyclic) bond motifs is 1. The van der Waals surface area contributed by atoms with Crippen molar-refractivity contribution >= 4 is 54.6 Å². The van der Waals surface area contributed by atoms with Gasteiger partial charge in [0.2, 0.25) is 15.2 Å². The first kappa shape index (κ1) is 28.7. The Morgan fingerprint density at radius 1 is 1.00 bits per heavy atom. The van der Waals surface area contributed by atoms with Gasteiger partial charge in [0.15, 0.2) is 0 Å². The minimum absolute atomic E-state index is 0.281. The quantitative estimate of drug-likeness (QED) is 0.205. The average molecular weight is 633 g/mol. The molecular weight excluding hydrogens is 600 g/mol. The molecule has 0 radical (unpaired) electrons. The maximum Gasteiger partial charge on any atom is 0.229 e. The summed E-state index contributed by atoms with van der Waals surface area (Å²) in [5, 5.41) is 13.6. The van der Waals surface area contributed by atoms with Gasteiger partial charge in [-0.1, -0.05) is 42.5 Å². The summed E-state index contributed by atoms with van der Waals surface area (Å²) in [6.45, 7) is 6.91. The lowest BCUT2D eigenvalue weighted by Gasteiger charge is -2.36. The zero-order valence-corrected chi connectivity index (χ0v) is 26.1. The molecule has 13 heteroatoms. The largest absolute Gasteiger partial charge is 0.367 e. The molecule has 1 aliphatic carbocycles. The molecule has 0 unspecified atom stereocenters. The maximum absolute atomic E-state index is 15.0. The molecule has 7 rings (SSSR count). The Morgan fingerprint density at radius 2 is 1.80 bits per heavy atom. The number of hydrogen-bond donors (Lipinski definition) is 2. The number of nitrogens with one attached hydrogen (secondary N) is 2. The Kier molecular flexibility index (Phi) is 7.47. The minimum atomic E-state index is -3.40. The normalized spacial score (nSPS) is 16.0. The van der Waals surface area contributed by atoms with Crippen molar-refractivity contribution < 1.29 is 12.8 Å². The van der Waals surface area contributed by atoms with Crippen LogP contribution in [-0.2, 0) is 10.0 Å². The summed E-state index contributed by atoms with van der Waals surface area (Å²) >= 11 is 1.38. The summed E-state index contributed by atoms with van der Waals surface area (Å²) in [6.07, 6.45) is 3.22. The first-order valence-electron chi connectivity index (χ1n) is 14.7. The van der Waals surface area contributed by atoms with E-state index in [1.54, 1.807) is 30.3 Å². The van der Waals surface area contributed by atoms with Gasteiger partial charge in [-0.15, -0.1) is 10.2 Å². The molecule has 1 saturated carbocycles. The van der Waals surface area contributed by atoms with Gasteiger partial charge >= 0.3 is 0 Å². The van der Waals surface area contributed by atoms with Crippen LogP contribution in [-0.4, -0.2) is 72.0 Å². The average Bonchev–Trinajstić information content (AvgIpc) is 3.62. The maximum atomic E-state index is 15.0. The Morgan fingerprint density at radius 3 is 2.52 bits per heavy atom. The highest BCUT2D eigenvalue weighted by molar-refractivity contribution is 7.92. The monoisotopic (exact) mass is 632 g/mol. The minimum Gasteiger partial charge on any atom is -0.367 e. The predicted molar refractivity (Wildman–Crippen MR) is 175 cm³/mol. The van der Waals surface area contributed by atoms with Gasteiger partial charge in [-0.3, -0.25) is 4.72 Å². The van der Waals surface area contributed by atoms with E-state index >= 15 is 0 Å². The van der Waals surface area contributed by atoms with Gasteiger partial charge in [0.05, 0.1) is 34.2 Å².